The summed E-state index contributed by atoms with van der Waals surface area (Å²) in [6.45, 7) is 2.44. The fraction of sp³-hybridized carbons (Fsp3) is 0.846. The van der Waals surface area contributed by atoms with Gasteiger partial charge in [-0.05, 0) is 13.3 Å². The number of carboxylic acid groups (broad SMARTS) is 2. The van der Waals surface area contributed by atoms with E-state index in [2.05, 4.69) is 6.92 Å². The Labute approximate surface area is 227 Å². The van der Waals surface area contributed by atoms with Crippen LogP contribution in [-0.2, 0) is 29.5 Å². The normalized spacial score (nSPS) is 12.7. The van der Waals surface area contributed by atoms with E-state index < -0.39 is 58.4 Å². The first-order chi connectivity index (χ1) is 17.8. The second-order valence-corrected chi connectivity index (χ2v) is 11.6. The summed E-state index contributed by atoms with van der Waals surface area (Å²) < 4.78 is 33.3. The highest BCUT2D eigenvalue weighted by Gasteiger charge is 2.54. The lowest BCUT2D eigenvalue weighted by Gasteiger charge is -2.31. The van der Waals surface area contributed by atoms with Crippen molar-refractivity contribution in [1.29, 1.82) is 0 Å². The molecule has 5 N–H and O–H groups in total. The molecule has 0 aromatic carbocycles. The molecule has 2 amide bonds. The van der Waals surface area contributed by atoms with Gasteiger partial charge in [0, 0.05) is 13.0 Å². The topological polar surface area (TPSA) is 192 Å². The fourth-order valence-corrected chi connectivity index (χ4v) is 5.16. The van der Waals surface area contributed by atoms with Crippen molar-refractivity contribution in [2.24, 2.45) is 17.1 Å². The number of aliphatic carboxylic acids is 2. The maximum Gasteiger partial charge on any atom is 0.362 e. The van der Waals surface area contributed by atoms with Gasteiger partial charge in [0.05, 0.1) is 5.92 Å². The summed E-state index contributed by atoms with van der Waals surface area (Å²) in [5.74, 6) is -8.70. The van der Waals surface area contributed by atoms with Crippen molar-refractivity contribution in [1.82, 2.24) is 4.31 Å². The molecule has 0 aliphatic heterocycles. The number of nitrogens with two attached hydrogens (primary N) is 1. The zero-order chi connectivity index (χ0) is 29.2. The summed E-state index contributed by atoms with van der Waals surface area (Å²) in [6.07, 6.45) is 16.4. The molecule has 0 aliphatic carbocycles. The second kappa shape index (κ2) is 18.9. The van der Waals surface area contributed by atoms with Crippen molar-refractivity contribution in [3.05, 3.63) is 0 Å². The molecule has 0 bridgehead atoms. The highest BCUT2D eigenvalue weighted by molar-refractivity contribution is 7.84. The number of carbonyl (C=O) groups is 4. The van der Waals surface area contributed by atoms with E-state index in [0.29, 0.717) is 13.3 Å². The number of carbonyl (C=O) groups excluding carboxylic acids is 2. The Bertz CT molecular complexity index is 832. The molecular weight excluding hydrogens is 516 g/mol. The zero-order valence-electron chi connectivity index (χ0n) is 23.0. The first kappa shape index (κ1) is 35.8. The molecule has 0 spiro atoms. The van der Waals surface area contributed by atoms with Crippen molar-refractivity contribution in [2.75, 3.05) is 6.54 Å². The third-order valence-electron chi connectivity index (χ3n) is 7.03. The first-order valence-electron chi connectivity index (χ1n) is 13.8. The van der Waals surface area contributed by atoms with Crippen LogP contribution < -0.4 is 5.73 Å². The minimum absolute atomic E-state index is 0.0363. The highest BCUT2D eigenvalue weighted by Crippen LogP contribution is 2.33. The van der Waals surface area contributed by atoms with Crippen LogP contribution in [0.3, 0.4) is 0 Å². The van der Waals surface area contributed by atoms with E-state index in [1.807, 2.05) is 0 Å². The van der Waals surface area contributed by atoms with Crippen LogP contribution in [0.4, 0.5) is 0 Å². The zero-order valence-corrected chi connectivity index (χ0v) is 23.8. The van der Waals surface area contributed by atoms with Gasteiger partial charge in [-0.15, -0.1) is 0 Å². The molecule has 0 aromatic rings. The monoisotopic (exact) mass is 564 g/mol. The minimum Gasteiger partial charge on any atom is -0.480 e. The minimum atomic E-state index is -5.13. The highest BCUT2D eigenvalue weighted by atomic mass is 32.2. The molecule has 1 unspecified atom stereocenters. The van der Waals surface area contributed by atoms with Gasteiger partial charge in [0.25, 0.3) is 0 Å². The van der Waals surface area contributed by atoms with E-state index in [0.717, 1.165) is 25.7 Å². The Morgan fingerprint density at radius 1 is 0.737 bits per heavy atom. The smallest absolute Gasteiger partial charge is 0.362 e. The summed E-state index contributed by atoms with van der Waals surface area (Å²) in [5, 5.41) is 18.9. The average Bonchev–Trinajstić information content (AvgIpc) is 2.82. The lowest BCUT2D eigenvalue weighted by atomic mass is 9.74. The van der Waals surface area contributed by atoms with Crippen LogP contribution in [-0.4, -0.2) is 57.8 Å². The lowest BCUT2D eigenvalue weighted by molar-refractivity contribution is -0.172. The van der Waals surface area contributed by atoms with Gasteiger partial charge in [-0.1, -0.05) is 103 Å². The summed E-state index contributed by atoms with van der Waals surface area (Å²) in [7, 11) is -5.13. The third kappa shape index (κ3) is 13.5. The molecule has 0 aromatic heterocycles. The number of hydrogen-bond donors (Lipinski definition) is 4. The Hall–Kier alpha value is -2.21. The van der Waals surface area contributed by atoms with Gasteiger partial charge in [0.1, 0.15) is 0 Å². The number of rotatable bonds is 24. The molecule has 0 aliphatic rings. The average molecular weight is 565 g/mol. The van der Waals surface area contributed by atoms with E-state index in [1.165, 1.54) is 64.2 Å². The molecule has 38 heavy (non-hydrogen) atoms. The summed E-state index contributed by atoms with van der Waals surface area (Å²) in [6, 6.07) is 0. The van der Waals surface area contributed by atoms with Gasteiger partial charge >= 0.3 is 22.2 Å². The van der Waals surface area contributed by atoms with E-state index in [1.54, 1.807) is 0 Å². The van der Waals surface area contributed by atoms with Gasteiger partial charge in [0.15, 0.2) is 5.41 Å². The molecule has 0 radical (unpaired) electrons. The largest absolute Gasteiger partial charge is 0.480 e. The molecule has 12 heteroatoms. The van der Waals surface area contributed by atoms with E-state index in [4.69, 9.17) is 5.73 Å². The van der Waals surface area contributed by atoms with Crippen molar-refractivity contribution >= 4 is 34.1 Å². The van der Waals surface area contributed by atoms with E-state index in [9.17, 15) is 42.4 Å². The van der Waals surface area contributed by atoms with Crippen LogP contribution in [0.2, 0.25) is 0 Å². The maximum atomic E-state index is 12.9. The van der Waals surface area contributed by atoms with Crippen LogP contribution >= 0.6 is 0 Å². The SMILES string of the molecule is CCCCCCCCCCCCCCCCCCN(C(=O)C(CC(N)=O)C(C)(C(=O)O)C(=O)O)S(=O)(=O)O. The standard InChI is InChI=1S/C26H48N2O9S/c1-3-4-5-6-7-8-9-10-11-12-13-14-15-16-17-18-19-28(38(35,36)37)23(30)21(20-22(27)29)26(2,24(31)32)25(33)34/h21H,3-20H2,1-2H3,(H2,27,29)(H,31,32)(H,33,34)(H,35,36,37). The molecule has 0 saturated heterocycles. The van der Waals surface area contributed by atoms with E-state index in [-0.39, 0.29) is 10.7 Å². The fourth-order valence-electron chi connectivity index (χ4n) is 4.45. The van der Waals surface area contributed by atoms with E-state index >= 15 is 0 Å². The van der Waals surface area contributed by atoms with Gasteiger partial charge in [-0.3, -0.25) is 23.7 Å². The number of nitrogens with zero attached hydrogens (tertiary/aromatic N) is 1. The van der Waals surface area contributed by atoms with Crippen LogP contribution in [0.5, 0.6) is 0 Å². The molecule has 0 rings (SSSR count). The quantitative estimate of drug-likeness (QED) is 0.0739. The van der Waals surface area contributed by atoms with Crippen LogP contribution in [0.25, 0.3) is 0 Å². The van der Waals surface area contributed by atoms with Crippen molar-refractivity contribution in [2.45, 2.75) is 123 Å². The predicted molar refractivity (Wildman–Crippen MR) is 143 cm³/mol. The molecular formula is C26H48N2O9S. The molecule has 0 heterocycles. The first-order valence-corrected chi connectivity index (χ1v) is 15.2. The van der Waals surface area contributed by atoms with Gasteiger partial charge in [0.2, 0.25) is 11.8 Å². The van der Waals surface area contributed by atoms with Gasteiger partial charge in [-0.25, -0.2) is 4.31 Å². The Morgan fingerprint density at radius 3 is 1.37 bits per heavy atom. The number of carboxylic acids is 2. The van der Waals surface area contributed by atoms with Crippen LogP contribution in [0, 0.1) is 11.3 Å². The predicted octanol–water partition coefficient (Wildman–Crippen LogP) is 4.55. The molecule has 0 saturated carbocycles. The second-order valence-electron chi connectivity index (χ2n) is 10.2. The van der Waals surface area contributed by atoms with Crippen LogP contribution in [0.1, 0.15) is 123 Å². The Kier molecular flexibility index (Phi) is 17.8. The number of primary amides is 1. The summed E-state index contributed by atoms with van der Waals surface area (Å²) >= 11 is 0. The number of amides is 2. The number of unbranched alkanes of at least 4 members (excludes halogenated alkanes) is 15. The third-order valence-corrected chi connectivity index (χ3v) is 7.95. The molecule has 0 fully saturated rings. The van der Waals surface area contributed by atoms with Gasteiger partial charge < -0.3 is 15.9 Å². The Morgan fingerprint density at radius 2 is 1.08 bits per heavy atom. The van der Waals surface area contributed by atoms with Crippen molar-refractivity contribution < 1.29 is 42.4 Å². The van der Waals surface area contributed by atoms with Gasteiger partial charge in [-0.2, -0.15) is 8.42 Å². The number of hydrogen-bond acceptors (Lipinski definition) is 6. The Balaban J connectivity index is 4.55. The molecule has 11 nitrogen and oxygen atoms in total. The molecule has 1 atom stereocenters. The van der Waals surface area contributed by atoms with Crippen molar-refractivity contribution in [3.8, 4) is 0 Å². The lowest BCUT2D eigenvalue weighted by Crippen LogP contribution is -2.53. The van der Waals surface area contributed by atoms with Crippen LogP contribution in [0.15, 0.2) is 0 Å². The van der Waals surface area contributed by atoms with Crippen molar-refractivity contribution in [3.63, 3.8) is 0 Å². The molecule has 222 valence electrons. The maximum absolute atomic E-state index is 12.9. The summed E-state index contributed by atoms with van der Waals surface area (Å²) in [4.78, 5) is 47.7. The summed E-state index contributed by atoms with van der Waals surface area (Å²) in [5.41, 5.74) is 2.24.